The number of ether oxygens (including phenoxy) is 1. The SMILES string of the molecule is CC[C@@H](Oc1ccc(N(C)S(C)(=O)=O)cc1)C(=O)NC1CCCC1. The van der Waals surface area contributed by atoms with E-state index in [1.165, 1.54) is 11.4 Å². The summed E-state index contributed by atoms with van der Waals surface area (Å²) in [6, 6.07) is 6.96. The lowest BCUT2D eigenvalue weighted by Gasteiger charge is -2.21. The number of nitrogens with zero attached hydrogens (tertiary/aromatic N) is 1. The first kappa shape index (κ1) is 18.6. The van der Waals surface area contributed by atoms with E-state index < -0.39 is 16.1 Å². The van der Waals surface area contributed by atoms with Gasteiger partial charge in [0.25, 0.3) is 5.91 Å². The second-order valence-electron chi connectivity index (χ2n) is 6.23. The van der Waals surface area contributed by atoms with Crippen LogP contribution in [0.4, 0.5) is 5.69 Å². The molecule has 1 aromatic rings. The molecule has 1 saturated carbocycles. The number of carbonyl (C=O) groups excluding carboxylic acids is 1. The van der Waals surface area contributed by atoms with Crippen molar-refractivity contribution in [3.63, 3.8) is 0 Å². The Morgan fingerprint density at radius 1 is 1.29 bits per heavy atom. The molecule has 7 heteroatoms. The normalized spacial score (nSPS) is 16.6. The Morgan fingerprint density at radius 2 is 1.88 bits per heavy atom. The predicted octanol–water partition coefficient (Wildman–Crippen LogP) is 2.30. The first-order valence-electron chi connectivity index (χ1n) is 8.32. The Morgan fingerprint density at radius 3 is 2.38 bits per heavy atom. The number of amides is 1. The molecule has 1 aliphatic carbocycles. The van der Waals surface area contributed by atoms with Gasteiger partial charge in [0.2, 0.25) is 10.0 Å². The van der Waals surface area contributed by atoms with E-state index in [1.54, 1.807) is 24.3 Å². The third-order valence-electron chi connectivity index (χ3n) is 4.34. The van der Waals surface area contributed by atoms with Crippen LogP contribution in [-0.2, 0) is 14.8 Å². The monoisotopic (exact) mass is 354 g/mol. The third-order valence-corrected chi connectivity index (χ3v) is 5.55. The van der Waals surface area contributed by atoms with Gasteiger partial charge in [0.15, 0.2) is 6.10 Å². The minimum atomic E-state index is -3.29. The second kappa shape index (κ2) is 7.88. The Bertz CT molecular complexity index is 652. The molecule has 1 aromatic carbocycles. The topological polar surface area (TPSA) is 75.7 Å². The molecule has 0 saturated heterocycles. The average Bonchev–Trinajstić information content (AvgIpc) is 3.04. The zero-order chi connectivity index (χ0) is 17.7. The molecule has 0 radical (unpaired) electrons. The Kier molecular flexibility index (Phi) is 6.10. The number of hydrogen-bond acceptors (Lipinski definition) is 4. The van der Waals surface area contributed by atoms with E-state index in [1.807, 2.05) is 6.92 Å². The van der Waals surface area contributed by atoms with E-state index in [2.05, 4.69) is 5.32 Å². The third kappa shape index (κ3) is 4.87. The molecule has 1 amide bonds. The molecule has 24 heavy (non-hydrogen) atoms. The van der Waals surface area contributed by atoms with Crippen molar-refractivity contribution in [2.24, 2.45) is 0 Å². The highest BCUT2D eigenvalue weighted by atomic mass is 32.2. The van der Waals surface area contributed by atoms with Crippen LogP contribution in [0.2, 0.25) is 0 Å². The van der Waals surface area contributed by atoms with Crippen molar-refractivity contribution >= 4 is 21.6 Å². The van der Waals surface area contributed by atoms with E-state index in [-0.39, 0.29) is 11.9 Å². The maximum atomic E-state index is 12.3. The van der Waals surface area contributed by atoms with Crippen LogP contribution in [0.15, 0.2) is 24.3 Å². The number of carbonyl (C=O) groups is 1. The van der Waals surface area contributed by atoms with Crippen LogP contribution < -0.4 is 14.4 Å². The highest BCUT2D eigenvalue weighted by Gasteiger charge is 2.23. The molecule has 1 atom stereocenters. The predicted molar refractivity (Wildman–Crippen MR) is 94.8 cm³/mol. The quantitative estimate of drug-likeness (QED) is 0.815. The fourth-order valence-electron chi connectivity index (χ4n) is 2.78. The highest BCUT2D eigenvalue weighted by Crippen LogP contribution is 2.22. The number of nitrogens with one attached hydrogen (secondary N) is 1. The van der Waals surface area contributed by atoms with Crippen LogP contribution in [0.1, 0.15) is 39.0 Å². The van der Waals surface area contributed by atoms with Crippen LogP contribution >= 0.6 is 0 Å². The lowest BCUT2D eigenvalue weighted by molar-refractivity contribution is -0.128. The summed E-state index contributed by atoms with van der Waals surface area (Å²) in [4.78, 5) is 12.3. The molecule has 2 rings (SSSR count). The Hall–Kier alpha value is -1.76. The van der Waals surface area contributed by atoms with Crippen molar-refractivity contribution < 1.29 is 17.9 Å². The fraction of sp³-hybridized carbons (Fsp3) is 0.588. The molecule has 0 heterocycles. The zero-order valence-corrected chi connectivity index (χ0v) is 15.3. The summed E-state index contributed by atoms with van der Waals surface area (Å²) in [6.45, 7) is 1.91. The van der Waals surface area contributed by atoms with Gasteiger partial charge in [-0.3, -0.25) is 9.10 Å². The summed E-state index contributed by atoms with van der Waals surface area (Å²) in [7, 11) is -1.80. The molecule has 0 aromatic heterocycles. The summed E-state index contributed by atoms with van der Waals surface area (Å²) in [5, 5.41) is 3.05. The van der Waals surface area contributed by atoms with Crippen molar-refractivity contribution in [2.45, 2.75) is 51.2 Å². The van der Waals surface area contributed by atoms with Gasteiger partial charge in [0.1, 0.15) is 5.75 Å². The summed E-state index contributed by atoms with van der Waals surface area (Å²) in [5.74, 6) is 0.468. The van der Waals surface area contributed by atoms with Crippen LogP contribution in [0.5, 0.6) is 5.75 Å². The Labute approximate surface area is 144 Å². The largest absolute Gasteiger partial charge is 0.481 e. The number of anilines is 1. The molecular formula is C17H26N2O4S. The standard InChI is InChI=1S/C17H26N2O4S/c1-4-16(17(20)18-13-7-5-6-8-13)23-15-11-9-14(10-12-15)19(2)24(3,21)22/h9-13,16H,4-8H2,1-3H3,(H,18,20)/t16-/m1/s1. The van der Waals surface area contributed by atoms with Gasteiger partial charge in [-0.25, -0.2) is 8.42 Å². The lowest BCUT2D eigenvalue weighted by Crippen LogP contribution is -2.42. The van der Waals surface area contributed by atoms with Crippen molar-refractivity contribution in [3.05, 3.63) is 24.3 Å². The molecule has 1 aliphatic rings. The van der Waals surface area contributed by atoms with Gasteiger partial charge >= 0.3 is 0 Å². The van der Waals surface area contributed by atoms with Crippen molar-refractivity contribution in [1.29, 1.82) is 0 Å². The molecule has 0 aliphatic heterocycles. The van der Waals surface area contributed by atoms with Gasteiger partial charge in [-0.05, 0) is 43.5 Å². The van der Waals surface area contributed by atoms with Crippen LogP contribution in [0.25, 0.3) is 0 Å². The number of rotatable bonds is 7. The van der Waals surface area contributed by atoms with Gasteiger partial charge in [0.05, 0.1) is 11.9 Å². The maximum absolute atomic E-state index is 12.3. The van der Waals surface area contributed by atoms with E-state index in [9.17, 15) is 13.2 Å². The lowest BCUT2D eigenvalue weighted by atomic mass is 10.2. The minimum Gasteiger partial charge on any atom is -0.481 e. The Balaban J connectivity index is 1.98. The van der Waals surface area contributed by atoms with E-state index >= 15 is 0 Å². The van der Waals surface area contributed by atoms with Gasteiger partial charge < -0.3 is 10.1 Å². The van der Waals surface area contributed by atoms with Crippen LogP contribution in [-0.4, -0.2) is 39.8 Å². The molecule has 0 bridgehead atoms. The number of hydrogen-bond donors (Lipinski definition) is 1. The van der Waals surface area contributed by atoms with Crippen molar-refractivity contribution in [1.82, 2.24) is 5.32 Å². The molecule has 0 unspecified atom stereocenters. The molecular weight excluding hydrogens is 328 g/mol. The number of benzene rings is 1. The van der Waals surface area contributed by atoms with Crippen LogP contribution in [0.3, 0.4) is 0 Å². The molecule has 1 fully saturated rings. The molecule has 1 N–H and O–H groups in total. The van der Waals surface area contributed by atoms with Crippen LogP contribution in [0, 0.1) is 0 Å². The summed E-state index contributed by atoms with van der Waals surface area (Å²) in [5.41, 5.74) is 0.549. The summed E-state index contributed by atoms with van der Waals surface area (Å²) >= 11 is 0. The van der Waals surface area contributed by atoms with E-state index in [0.29, 0.717) is 17.9 Å². The van der Waals surface area contributed by atoms with Gasteiger partial charge in [-0.1, -0.05) is 19.8 Å². The number of sulfonamides is 1. The smallest absolute Gasteiger partial charge is 0.261 e. The summed E-state index contributed by atoms with van der Waals surface area (Å²) < 4.78 is 30.0. The molecule has 6 nitrogen and oxygen atoms in total. The zero-order valence-electron chi connectivity index (χ0n) is 14.5. The highest BCUT2D eigenvalue weighted by molar-refractivity contribution is 7.92. The van der Waals surface area contributed by atoms with Crippen molar-refractivity contribution in [3.8, 4) is 5.75 Å². The van der Waals surface area contributed by atoms with Gasteiger partial charge in [0, 0.05) is 13.1 Å². The maximum Gasteiger partial charge on any atom is 0.261 e. The first-order valence-corrected chi connectivity index (χ1v) is 10.2. The minimum absolute atomic E-state index is 0.0817. The van der Waals surface area contributed by atoms with Gasteiger partial charge in [-0.15, -0.1) is 0 Å². The first-order chi connectivity index (χ1) is 11.3. The molecule has 134 valence electrons. The molecule has 0 spiro atoms. The average molecular weight is 354 g/mol. The van der Waals surface area contributed by atoms with Crippen molar-refractivity contribution in [2.75, 3.05) is 17.6 Å². The fourth-order valence-corrected chi connectivity index (χ4v) is 3.28. The van der Waals surface area contributed by atoms with E-state index in [4.69, 9.17) is 4.74 Å². The van der Waals surface area contributed by atoms with Gasteiger partial charge in [-0.2, -0.15) is 0 Å². The second-order valence-corrected chi connectivity index (χ2v) is 8.24. The van der Waals surface area contributed by atoms with E-state index in [0.717, 1.165) is 31.9 Å². The summed E-state index contributed by atoms with van der Waals surface area (Å²) in [6.07, 6.45) is 5.59.